The van der Waals surface area contributed by atoms with E-state index in [0.29, 0.717) is 22.8 Å². The first-order valence-corrected chi connectivity index (χ1v) is 10.7. The van der Waals surface area contributed by atoms with Crippen molar-refractivity contribution in [3.05, 3.63) is 24.0 Å². The van der Waals surface area contributed by atoms with Crippen LogP contribution in [0.4, 0.5) is 0 Å². The van der Waals surface area contributed by atoms with Crippen LogP contribution in [0, 0.1) is 0 Å². The van der Waals surface area contributed by atoms with Crippen LogP contribution in [0.25, 0.3) is 0 Å². The van der Waals surface area contributed by atoms with E-state index < -0.39 is 25.2 Å². The van der Waals surface area contributed by atoms with Crippen LogP contribution in [-0.4, -0.2) is 77.5 Å². The summed E-state index contributed by atoms with van der Waals surface area (Å²) in [4.78, 5) is 1.74. The molecule has 124 valence electrons. The third-order valence-corrected chi connectivity index (χ3v) is 5.81. The van der Waals surface area contributed by atoms with E-state index in [1.165, 1.54) is 0 Å². The van der Waals surface area contributed by atoms with Crippen molar-refractivity contribution in [2.75, 3.05) is 26.5 Å². The molecular formula is C15H25N2O3PS. The van der Waals surface area contributed by atoms with Crippen LogP contribution >= 0.6 is 19.1 Å². The van der Waals surface area contributed by atoms with E-state index in [9.17, 15) is 10.2 Å². The van der Waals surface area contributed by atoms with Crippen molar-refractivity contribution in [3.8, 4) is 0 Å². The molecule has 0 aromatic heterocycles. The Morgan fingerprint density at radius 1 is 1.41 bits per heavy atom. The van der Waals surface area contributed by atoms with Gasteiger partial charge in [0.15, 0.2) is 5.11 Å². The van der Waals surface area contributed by atoms with Crippen LogP contribution in [0.2, 0.25) is 0 Å². The fraction of sp³-hybridized carbons (Fsp3) is 0.600. The Bertz CT molecular complexity index is 557. The van der Waals surface area contributed by atoms with E-state index in [2.05, 4.69) is 31.5 Å². The molecule has 3 N–H and O–H groups in total. The zero-order chi connectivity index (χ0) is 16.7. The van der Waals surface area contributed by atoms with Crippen LogP contribution in [0.3, 0.4) is 0 Å². The van der Waals surface area contributed by atoms with Crippen LogP contribution < -0.4 is 5.32 Å². The molecule has 1 saturated heterocycles. The summed E-state index contributed by atoms with van der Waals surface area (Å²) in [6, 6.07) is 0. The lowest BCUT2D eigenvalue weighted by atomic mass is 9.99. The molecule has 0 aliphatic carbocycles. The quantitative estimate of drug-likeness (QED) is 0.518. The first-order chi connectivity index (χ1) is 10.1. The lowest BCUT2D eigenvalue weighted by molar-refractivity contribution is 0.0187. The summed E-state index contributed by atoms with van der Waals surface area (Å²) in [6.45, 7) is 7.03. The minimum atomic E-state index is -1.19. The zero-order valence-electron chi connectivity index (χ0n) is 13.3. The number of rotatable bonds is 4. The van der Waals surface area contributed by atoms with E-state index in [4.69, 9.17) is 17.0 Å². The van der Waals surface area contributed by atoms with Gasteiger partial charge in [-0.25, -0.2) is 0 Å². The smallest absolute Gasteiger partial charge is 0.177 e. The Morgan fingerprint density at radius 2 is 2.05 bits per heavy atom. The number of nitrogens with zero attached hydrogens (tertiary/aromatic N) is 1. The molecule has 0 saturated carbocycles. The third kappa shape index (κ3) is 3.81. The minimum Gasteiger partial charge on any atom is -0.388 e. The molecule has 0 aromatic carbocycles. The maximum Gasteiger partial charge on any atom is 0.177 e. The van der Waals surface area contributed by atoms with Gasteiger partial charge in [0.05, 0.1) is 6.10 Å². The van der Waals surface area contributed by atoms with Crippen molar-refractivity contribution in [1.29, 1.82) is 0 Å². The van der Waals surface area contributed by atoms with Crippen molar-refractivity contribution in [3.63, 3.8) is 0 Å². The molecule has 0 aromatic rings. The molecule has 4 atom stereocenters. The van der Waals surface area contributed by atoms with Gasteiger partial charge in [0.2, 0.25) is 0 Å². The van der Waals surface area contributed by atoms with Crippen molar-refractivity contribution in [2.24, 2.45) is 0 Å². The molecule has 2 aliphatic rings. The Labute approximate surface area is 137 Å². The number of nitrogens with one attached hydrogen (secondary N) is 1. The molecule has 7 heteroatoms. The van der Waals surface area contributed by atoms with Gasteiger partial charge in [-0.05, 0) is 38.1 Å². The van der Waals surface area contributed by atoms with Gasteiger partial charge in [0.25, 0.3) is 0 Å². The van der Waals surface area contributed by atoms with E-state index in [-0.39, 0.29) is 6.10 Å². The highest BCUT2D eigenvalue weighted by atomic mass is 32.1. The first kappa shape index (κ1) is 17.7. The average Bonchev–Trinajstić information content (AvgIpc) is 2.68. The summed E-state index contributed by atoms with van der Waals surface area (Å²) in [5.74, 6) is 0. The Kier molecular flexibility index (Phi) is 5.20. The summed E-state index contributed by atoms with van der Waals surface area (Å²) in [5, 5.41) is 24.1. The number of aliphatic hydroxyl groups is 2. The zero-order valence-corrected chi connectivity index (χ0v) is 15.0. The van der Waals surface area contributed by atoms with Crippen molar-refractivity contribution < 1.29 is 14.9 Å². The second-order valence-electron chi connectivity index (χ2n) is 6.63. The Balaban J connectivity index is 2.13. The molecule has 0 radical (unpaired) electrons. The Hall–Kier alpha value is -0.650. The van der Waals surface area contributed by atoms with Crippen molar-refractivity contribution in [2.45, 2.75) is 30.8 Å². The topological polar surface area (TPSA) is 65.0 Å². The molecule has 5 nitrogen and oxygen atoms in total. The van der Waals surface area contributed by atoms with Gasteiger partial charge in [0, 0.05) is 24.5 Å². The highest BCUT2D eigenvalue weighted by Crippen LogP contribution is 2.39. The third-order valence-electron chi connectivity index (χ3n) is 3.95. The molecule has 0 amide bonds. The fourth-order valence-electron chi connectivity index (χ4n) is 2.60. The second-order valence-corrected chi connectivity index (χ2v) is 11.3. The van der Waals surface area contributed by atoms with Crippen LogP contribution in [-0.2, 0) is 4.74 Å². The predicted molar refractivity (Wildman–Crippen MR) is 96.8 cm³/mol. The summed E-state index contributed by atoms with van der Waals surface area (Å²) in [5.41, 5.74) is 1.32. The number of aliphatic hydroxyl groups excluding tert-OH is 2. The normalized spacial score (nSPS) is 33.0. The molecule has 2 heterocycles. The van der Waals surface area contributed by atoms with Gasteiger partial charge in [-0.2, -0.15) is 0 Å². The van der Waals surface area contributed by atoms with Gasteiger partial charge in [0.1, 0.15) is 18.3 Å². The molecule has 1 unspecified atom stereocenters. The van der Waals surface area contributed by atoms with Crippen molar-refractivity contribution in [1.82, 2.24) is 10.2 Å². The van der Waals surface area contributed by atoms with Crippen molar-refractivity contribution >= 4 is 30.5 Å². The van der Waals surface area contributed by atoms with Crippen LogP contribution in [0.5, 0.6) is 0 Å². The van der Waals surface area contributed by atoms with E-state index in [1.54, 1.807) is 11.1 Å². The fourth-order valence-corrected chi connectivity index (χ4v) is 3.73. The predicted octanol–water partition coefficient (Wildman–Crippen LogP) is 0.792. The van der Waals surface area contributed by atoms with Gasteiger partial charge in [-0.3, -0.25) is 0 Å². The molecule has 2 rings (SSSR count). The molecule has 1 fully saturated rings. The summed E-state index contributed by atoms with van der Waals surface area (Å²) in [7, 11) is 1.81. The van der Waals surface area contributed by atoms with Gasteiger partial charge < -0.3 is 25.2 Å². The van der Waals surface area contributed by atoms with Crippen LogP contribution in [0.1, 0.15) is 6.42 Å². The Morgan fingerprint density at radius 3 is 2.64 bits per heavy atom. The van der Waals surface area contributed by atoms with E-state index in [0.717, 1.165) is 6.16 Å². The molecule has 0 bridgehead atoms. The molecular weight excluding hydrogens is 319 g/mol. The number of hydrogen-bond acceptors (Lipinski definition) is 4. The number of ether oxygens (including phenoxy) is 1. The highest BCUT2D eigenvalue weighted by Gasteiger charge is 2.45. The SMILES string of the molecule is C=C1NC(=S)N(C)C=C1[C@@H]1OC(CCP(=C)(C)C)[C@@H](O)[C@H]1O. The van der Waals surface area contributed by atoms with E-state index >= 15 is 0 Å². The molecule has 22 heavy (non-hydrogen) atoms. The largest absolute Gasteiger partial charge is 0.388 e. The maximum absolute atomic E-state index is 10.3. The molecule has 2 aliphatic heterocycles. The lowest BCUT2D eigenvalue weighted by Gasteiger charge is -2.30. The highest BCUT2D eigenvalue weighted by molar-refractivity contribution is 7.80. The standard InChI is InChI=1S/C15H25N2O3PS/c1-9-10(8-17(2)15(22)16-9)14-13(19)12(18)11(20-14)6-7-21(3,4)5/h8,11-14,18-19H,1,3,6-7H2,2,4-5H3,(H,16,22)/t11?,12-,13-,14+/m1/s1. The maximum atomic E-state index is 10.3. The minimum absolute atomic E-state index is 0.381. The van der Waals surface area contributed by atoms with E-state index in [1.807, 2.05) is 7.05 Å². The second kappa shape index (κ2) is 6.46. The summed E-state index contributed by atoms with van der Waals surface area (Å²) < 4.78 is 5.93. The average molecular weight is 344 g/mol. The van der Waals surface area contributed by atoms with Gasteiger partial charge in [-0.15, -0.1) is 13.2 Å². The lowest BCUT2D eigenvalue weighted by Crippen LogP contribution is -2.42. The first-order valence-electron chi connectivity index (χ1n) is 7.24. The summed E-state index contributed by atoms with van der Waals surface area (Å²) >= 11 is 5.14. The van der Waals surface area contributed by atoms with Gasteiger partial charge in [-0.1, -0.05) is 6.58 Å². The summed E-state index contributed by atoms with van der Waals surface area (Å²) in [6.07, 6.45) is 4.72. The van der Waals surface area contributed by atoms with Gasteiger partial charge >= 0.3 is 0 Å². The number of hydrogen-bond donors (Lipinski definition) is 3. The number of thiocarbonyl (C=S) groups is 1. The monoisotopic (exact) mass is 344 g/mol. The molecule has 0 spiro atoms. The van der Waals surface area contributed by atoms with Crippen LogP contribution in [0.15, 0.2) is 24.0 Å².